The van der Waals surface area contributed by atoms with Crippen LogP contribution in [-0.2, 0) is 11.3 Å². The van der Waals surface area contributed by atoms with Crippen LogP contribution in [0.1, 0.15) is 37.7 Å². The molecule has 24 heavy (non-hydrogen) atoms. The first-order valence-corrected chi connectivity index (χ1v) is 9.29. The van der Waals surface area contributed by atoms with E-state index in [4.69, 9.17) is 0 Å². The van der Waals surface area contributed by atoms with Gasteiger partial charge in [-0.2, -0.15) is 0 Å². The SMILES string of the molecule is O=C(NC1CCCN(Cc2cccc3ccccc23)C1)C1CCC1. The Morgan fingerprint density at radius 2 is 1.88 bits per heavy atom. The molecule has 0 spiro atoms. The third kappa shape index (κ3) is 3.32. The Labute approximate surface area is 144 Å². The van der Waals surface area contributed by atoms with Gasteiger partial charge in [0.1, 0.15) is 0 Å². The van der Waals surface area contributed by atoms with Crippen LogP contribution < -0.4 is 5.32 Å². The number of hydrogen-bond donors (Lipinski definition) is 1. The highest BCUT2D eigenvalue weighted by Crippen LogP contribution is 2.27. The Kier molecular flexibility index (Phi) is 4.52. The Hall–Kier alpha value is -1.87. The fourth-order valence-electron chi connectivity index (χ4n) is 3.98. The number of piperidine rings is 1. The standard InChI is InChI=1S/C21H26N2O/c24-21(17-8-4-9-17)22-19-11-5-13-23(15-19)14-18-10-3-7-16-6-1-2-12-20(16)18/h1-3,6-7,10,12,17,19H,4-5,8-9,11,13-15H2,(H,22,24). The van der Waals surface area contributed by atoms with E-state index in [1.54, 1.807) is 0 Å². The molecule has 2 aromatic carbocycles. The molecule has 3 nitrogen and oxygen atoms in total. The molecule has 1 N–H and O–H groups in total. The van der Waals surface area contributed by atoms with Gasteiger partial charge in [-0.05, 0) is 48.6 Å². The molecule has 2 aliphatic rings. The summed E-state index contributed by atoms with van der Waals surface area (Å²) >= 11 is 0. The van der Waals surface area contributed by atoms with Gasteiger partial charge in [-0.1, -0.05) is 48.9 Å². The summed E-state index contributed by atoms with van der Waals surface area (Å²) in [6, 6.07) is 15.5. The molecule has 1 amide bonds. The average molecular weight is 322 g/mol. The molecule has 1 saturated carbocycles. The lowest BCUT2D eigenvalue weighted by molar-refractivity contribution is -0.128. The number of carbonyl (C=O) groups is 1. The van der Waals surface area contributed by atoms with E-state index in [1.165, 1.54) is 29.2 Å². The summed E-state index contributed by atoms with van der Waals surface area (Å²) in [6.07, 6.45) is 5.66. The van der Waals surface area contributed by atoms with Crippen molar-refractivity contribution in [1.82, 2.24) is 10.2 Å². The van der Waals surface area contributed by atoms with Crippen LogP contribution in [0.2, 0.25) is 0 Å². The fraction of sp³-hybridized carbons (Fsp3) is 0.476. The quantitative estimate of drug-likeness (QED) is 0.930. The van der Waals surface area contributed by atoms with E-state index < -0.39 is 0 Å². The Morgan fingerprint density at radius 3 is 2.71 bits per heavy atom. The van der Waals surface area contributed by atoms with Crippen molar-refractivity contribution in [3.8, 4) is 0 Å². The number of hydrogen-bond acceptors (Lipinski definition) is 2. The molecule has 2 aromatic rings. The second-order valence-electron chi connectivity index (χ2n) is 7.35. The molecule has 0 radical (unpaired) electrons. The van der Waals surface area contributed by atoms with Gasteiger partial charge < -0.3 is 5.32 Å². The van der Waals surface area contributed by atoms with Crippen molar-refractivity contribution in [3.05, 3.63) is 48.0 Å². The molecule has 1 atom stereocenters. The topological polar surface area (TPSA) is 32.3 Å². The zero-order valence-electron chi connectivity index (χ0n) is 14.2. The maximum Gasteiger partial charge on any atom is 0.223 e. The lowest BCUT2D eigenvalue weighted by Crippen LogP contribution is -2.49. The number of fused-ring (bicyclic) bond motifs is 1. The monoisotopic (exact) mass is 322 g/mol. The zero-order chi connectivity index (χ0) is 16.4. The average Bonchev–Trinajstić information content (AvgIpc) is 2.54. The third-order valence-electron chi connectivity index (χ3n) is 5.60. The number of carbonyl (C=O) groups excluding carboxylic acids is 1. The van der Waals surface area contributed by atoms with Crippen molar-refractivity contribution in [3.63, 3.8) is 0 Å². The van der Waals surface area contributed by atoms with Gasteiger partial charge in [0.05, 0.1) is 0 Å². The predicted molar refractivity (Wildman–Crippen MR) is 97.7 cm³/mol. The molecule has 1 saturated heterocycles. The summed E-state index contributed by atoms with van der Waals surface area (Å²) < 4.78 is 0. The highest BCUT2D eigenvalue weighted by Gasteiger charge is 2.28. The molecule has 4 rings (SSSR count). The normalized spacial score (nSPS) is 22.2. The van der Waals surface area contributed by atoms with E-state index in [0.717, 1.165) is 38.9 Å². The van der Waals surface area contributed by atoms with Crippen molar-refractivity contribution in [2.75, 3.05) is 13.1 Å². The molecule has 1 unspecified atom stereocenters. The molecular formula is C21H26N2O. The summed E-state index contributed by atoms with van der Waals surface area (Å²) in [6.45, 7) is 3.07. The molecule has 1 aliphatic heterocycles. The fourth-order valence-corrected chi connectivity index (χ4v) is 3.98. The van der Waals surface area contributed by atoms with Crippen molar-refractivity contribution < 1.29 is 4.79 Å². The third-order valence-corrected chi connectivity index (χ3v) is 5.60. The minimum atomic E-state index is 0.290. The van der Waals surface area contributed by atoms with Gasteiger partial charge in [0.25, 0.3) is 0 Å². The van der Waals surface area contributed by atoms with Gasteiger partial charge in [-0.15, -0.1) is 0 Å². The van der Waals surface area contributed by atoms with Crippen LogP contribution in [0.4, 0.5) is 0 Å². The number of amides is 1. The van der Waals surface area contributed by atoms with Gasteiger partial charge in [0, 0.05) is 25.0 Å². The minimum Gasteiger partial charge on any atom is -0.352 e. The number of nitrogens with one attached hydrogen (secondary N) is 1. The maximum atomic E-state index is 12.2. The summed E-state index contributed by atoms with van der Waals surface area (Å²) in [4.78, 5) is 14.7. The van der Waals surface area contributed by atoms with Crippen LogP contribution in [0.3, 0.4) is 0 Å². The minimum absolute atomic E-state index is 0.290. The van der Waals surface area contributed by atoms with E-state index in [9.17, 15) is 4.79 Å². The van der Waals surface area contributed by atoms with Crippen LogP contribution in [0.15, 0.2) is 42.5 Å². The molecule has 0 aromatic heterocycles. The highest BCUT2D eigenvalue weighted by atomic mass is 16.2. The lowest BCUT2D eigenvalue weighted by Gasteiger charge is -2.35. The Bertz CT molecular complexity index is 717. The first-order valence-electron chi connectivity index (χ1n) is 9.29. The number of rotatable bonds is 4. The summed E-state index contributed by atoms with van der Waals surface area (Å²) in [7, 11) is 0. The summed E-state index contributed by atoms with van der Waals surface area (Å²) in [5.74, 6) is 0.580. The number of nitrogens with zero attached hydrogens (tertiary/aromatic N) is 1. The second kappa shape index (κ2) is 6.94. The molecule has 1 aliphatic carbocycles. The molecule has 3 heteroatoms. The van der Waals surface area contributed by atoms with Gasteiger partial charge in [0.15, 0.2) is 0 Å². The Balaban J connectivity index is 1.41. The van der Waals surface area contributed by atoms with Gasteiger partial charge in [-0.3, -0.25) is 9.69 Å². The number of likely N-dealkylation sites (tertiary alicyclic amines) is 1. The highest BCUT2D eigenvalue weighted by molar-refractivity contribution is 5.85. The first kappa shape index (κ1) is 15.6. The predicted octanol–water partition coefficient (Wildman–Crippen LogP) is 3.72. The summed E-state index contributed by atoms with van der Waals surface area (Å²) in [5, 5.41) is 5.95. The molecular weight excluding hydrogens is 296 g/mol. The number of benzene rings is 2. The Morgan fingerprint density at radius 1 is 1.04 bits per heavy atom. The van der Waals surface area contributed by atoms with Crippen LogP contribution in [-0.4, -0.2) is 29.9 Å². The molecule has 126 valence electrons. The molecule has 1 heterocycles. The van der Waals surface area contributed by atoms with Crippen molar-refractivity contribution >= 4 is 16.7 Å². The van der Waals surface area contributed by atoms with E-state index in [-0.39, 0.29) is 0 Å². The van der Waals surface area contributed by atoms with E-state index in [2.05, 4.69) is 52.7 Å². The van der Waals surface area contributed by atoms with E-state index in [0.29, 0.717) is 17.9 Å². The van der Waals surface area contributed by atoms with Gasteiger partial charge in [0.2, 0.25) is 5.91 Å². The molecule has 2 fully saturated rings. The molecule has 0 bridgehead atoms. The van der Waals surface area contributed by atoms with Gasteiger partial charge >= 0.3 is 0 Å². The van der Waals surface area contributed by atoms with Crippen LogP contribution in [0, 0.1) is 5.92 Å². The van der Waals surface area contributed by atoms with Crippen LogP contribution in [0.5, 0.6) is 0 Å². The summed E-state index contributed by atoms with van der Waals surface area (Å²) in [5.41, 5.74) is 1.39. The zero-order valence-corrected chi connectivity index (χ0v) is 14.2. The van der Waals surface area contributed by atoms with Crippen molar-refractivity contribution in [2.45, 2.75) is 44.7 Å². The second-order valence-corrected chi connectivity index (χ2v) is 7.35. The van der Waals surface area contributed by atoms with Crippen LogP contribution in [0.25, 0.3) is 10.8 Å². The smallest absolute Gasteiger partial charge is 0.223 e. The van der Waals surface area contributed by atoms with Crippen molar-refractivity contribution in [1.29, 1.82) is 0 Å². The van der Waals surface area contributed by atoms with E-state index in [1.807, 2.05) is 0 Å². The van der Waals surface area contributed by atoms with Gasteiger partial charge in [-0.25, -0.2) is 0 Å². The largest absolute Gasteiger partial charge is 0.352 e. The van der Waals surface area contributed by atoms with E-state index >= 15 is 0 Å². The lowest BCUT2D eigenvalue weighted by atomic mass is 9.84. The first-order chi connectivity index (χ1) is 11.8. The van der Waals surface area contributed by atoms with Crippen molar-refractivity contribution in [2.24, 2.45) is 5.92 Å². The van der Waals surface area contributed by atoms with Crippen LogP contribution >= 0.6 is 0 Å². The maximum absolute atomic E-state index is 12.2.